The van der Waals surface area contributed by atoms with Crippen molar-refractivity contribution in [1.29, 1.82) is 0 Å². The van der Waals surface area contributed by atoms with E-state index >= 15 is 0 Å². The average molecular weight is 536 g/mol. The van der Waals surface area contributed by atoms with E-state index in [0.717, 1.165) is 32.3 Å². The Kier molecular flexibility index (Phi) is 7.22. The fraction of sp³-hybridized carbons (Fsp3) is 0.154. The molecule has 0 atom stereocenters. The van der Waals surface area contributed by atoms with E-state index in [1.807, 2.05) is 60.9 Å². The summed E-state index contributed by atoms with van der Waals surface area (Å²) in [6.45, 7) is 4.00. The molecule has 0 bridgehead atoms. The summed E-state index contributed by atoms with van der Waals surface area (Å²) in [5.74, 6) is 1.17. The number of benzene rings is 2. The van der Waals surface area contributed by atoms with Crippen LogP contribution in [0.15, 0.2) is 76.6 Å². The molecule has 0 aliphatic carbocycles. The van der Waals surface area contributed by atoms with E-state index in [-0.39, 0.29) is 11.7 Å². The molecule has 5 rings (SSSR count). The van der Waals surface area contributed by atoms with Crippen LogP contribution in [0.25, 0.3) is 17.3 Å². The highest BCUT2D eigenvalue weighted by Gasteiger charge is 2.19. The maximum atomic E-state index is 12.7. The SMILES string of the molecule is Cc1cccc(-n2c(SCC(=O)Nc3ncc(Cc4ccc(C)c(Cl)c4)s3)nnc2-c2ccco2)c1. The second-order valence-corrected chi connectivity index (χ2v) is 10.7. The molecule has 36 heavy (non-hydrogen) atoms. The third-order valence-corrected chi connectivity index (χ3v) is 7.63. The first-order valence-electron chi connectivity index (χ1n) is 11.1. The van der Waals surface area contributed by atoms with Gasteiger partial charge in [0.1, 0.15) is 0 Å². The van der Waals surface area contributed by atoms with Crippen LogP contribution in [-0.4, -0.2) is 31.4 Å². The van der Waals surface area contributed by atoms with E-state index in [1.165, 1.54) is 23.1 Å². The van der Waals surface area contributed by atoms with E-state index in [2.05, 4.69) is 26.6 Å². The predicted octanol–water partition coefficient (Wildman–Crippen LogP) is 6.58. The minimum absolute atomic E-state index is 0.157. The minimum atomic E-state index is -0.169. The van der Waals surface area contributed by atoms with Crippen molar-refractivity contribution in [3.05, 3.63) is 93.6 Å². The summed E-state index contributed by atoms with van der Waals surface area (Å²) in [4.78, 5) is 18.1. The molecular weight excluding hydrogens is 514 g/mol. The topological polar surface area (TPSA) is 85.8 Å². The summed E-state index contributed by atoms with van der Waals surface area (Å²) in [6, 6.07) is 17.7. The molecule has 0 spiro atoms. The molecule has 0 aliphatic heterocycles. The van der Waals surface area contributed by atoms with Gasteiger partial charge in [0.25, 0.3) is 0 Å². The lowest BCUT2D eigenvalue weighted by atomic mass is 10.1. The second-order valence-electron chi connectivity index (χ2n) is 8.19. The van der Waals surface area contributed by atoms with Gasteiger partial charge >= 0.3 is 0 Å². The zero-order valence-electron chi connectivity index (χ0n) is 19.6. The number of hydrogen-bond donors (Lipinski definition) is 1. The highest BCUT2D eigenvalue weighted by molar-refractivity contribution is 7.99. The van der Waals surface area contributed by atoms with Crippen molar-refractivity contribution >= 4 is 45.7 Å². The predicted molar refractivity (Wildman–Crippen MR) is 144 cm³/mol. The van der Waals surface area contributed by atoms with Gasteiger partial charge in [-0.3, -0.25) is 9.36 Å². The number of thioether (sulfide) groups is 1. The highest BCUT2D eigenvalue weighted by atomic mass is 35.5. The fourth-order valence-corrected chi connectivity index (χ4v) is 5.43. The highest BCUT2D eigenvalue weighted by Crippen LogP contribution is 2.29. The molecule has 0 fully saturated rings. The number of nitrogens with zero attached hydrogens (tertiary/aromatic N) is 4. The Morgan fingerprint density at radius 1 is 1.14 bits per heavy atom. The molecule has 2 aromatic carbocycles. The second kappa shape index (κ2) is 10.7. The van der Waals surface area contributed by atoms with Gasteiger partial charge in [-0.25, -0.2) is 4.98 Å². The van der Waals surface area contributed by atoms with Crippen LogP contribution in [0.4, 0.5) is 5.13 Å². The number of nitrogens with one attached hydrogen (secondary N) is 1. The Balaban J connectivity index is 1.27. The number of anilines is 1. The van der Waals surface area contributed by atoms with Gasteiger partial charge in [-0.1, -0.05) is 47.6 Å². The maximum Gasteiger partial charge on any atom is 0.236 e. The lowest BCUT2D eigenvalue weighted by Crippen LogP contribution is -2.14. The van der Waals surface area contributed by atoms with Gasteiger partial charge in [0.05, 0.1) is 17.7 Å². The Morgan fingerprint density at radius 2 is 2.03 bits per heavy atom. The molecule has 10 heteroatoms. The van der Waals surface area contributed by atoms with Crippen molar-refractivity contribution in [2.24, 2.45) is 0 Å². The van der Waals surface area contributed by atoms with Crippen molar-refractivity contribution in [3.8, 4) is 17.3 Å². The van der Waals surface area contributed by atoms with E-state index in [4.69, 9.17) is 16.0 Å². The first-order chi connectivity index (χ1) is 17.5. The van der Waals surface area contributed by atoms with Gasteiger partial charge in [-0.2, -0.15) is 0 Å². The average Bonchev–Trinajstić information content (AvgIpc) is 3.61. The first kappa shape index (κ1) is 24.3. The molecule has 1 N–H and O–H groups in total. The molecule has 1 amide bonds. The van der Waals surface area contributed by atoms with Gasteiger partial charge in [0.15, 0.2) is 16.0 Å². The van der Waals surface area contributed by atoms with E-state index in [0.29, 0.717) is 28.3 Å². The van der Waals surface area contributed by atoms with E-state index in [1.54, 1.807) is 18.5 Å². The van der Waals surface area contributed by atoms with Crippen LogP contribution in [0.3, 0.4) is 0 Å². The number of carbonyl (C=O) groups excluding carboxylic acids is 1. The summed E-state index contributed by atoms with van der Waals surface area (Å²) in [7, 11) is 0. The number of aromatic nitrogens is 4. The van der Waals surface area contributed by atoms with Crippen molar-refractivity contribution in [2.75, 3.05) is 11.1 Å². The molecule has 7 nitrogen and oxygen atoms in total. The lowest BCUT2D eigenvalue weighted by Gasteiger charge is -2.10. The number of hydrogen-bond acceptors (Lipinski definition) is 7. The Morgan fingerprint density at radius 3 is 2.81 bits per heavy atom. The summed E-state index contributed by atoms with van der Waals surface area (Å²) in [5, 5.41) is 13.5. The minimum Gasteiger partial charge on any atom is -0.461 e. The number of amides is 1. The van der Waals surface area contributed by atoms with Gasteiger partial charge in [0, 0.05) is 22.5 Å². The van der Waals surface area contributed by atoms with Gasteiger partial charge in [-0.15, -0.1) is 21.5 Å². The number of thiazole rings is 1. The molecule has 0 unspecified atom stereocenters. The van der Waals surface area contributed by atoms with Crippen molar-refractivity contribution in [3.63, 3.8) is 0 Å². The van der Waals surface area contributed by atoms with Crippen LogP contribution in [-0.2, 0) is 11.2 Å². The number of halogens is 1. The third-order valence-electron chi connectivity index (χ3n) is 5.38. The Bertz CT molecular complexity index is 1510. The Hall–Kier alpha value is -3.40. The quantitative estimate of drug-likeness (QED) is 0.226. The Labute approximate surface area is 221 Å². The van der Waals surface area contributed by atoms with Gasteiger partial charge < -0.3 is 9.73 Å². The molecule has 0 saturated heterocycles. The van der Waals surface area contributed by atoms with Gasteiger partial charge in [-0.05, 0) is 60.9 Å². The number of aryl methyl sites for hydroxylation is 2. The van der Waals surface area contributed by atoms with Crippen molar-refractivity contribution in [2.45, 2.75) is 25.4 Å². The summed E-state index contributed by atoms with van der Waals surface area (Å²) in [5.41, 5.74) is 4.15. The summed E-state index contributed by atoms with van der Waals surface area (Å²) >= 11 is 8.99. The van der Waals surface area contributed by atoms with Crippen LogP contribution in [0, 0.1) is 13.8 Å². The molecule has 5 aromatic rings. The zero-order valence-corrected chi connectivity index (χ0v) is 22.0. The standard InChI is InChI=1S/C26H22ClN5O2S2/c1-16-5-3-6-19(11-16)32-24(22-7-4-10-34-22)30-31-26(32)35-15-23(33)29-25-28-14-20(36-25)12-18-9-8-17(2)21(27)13-18/h3-11,13-14H,12,15H2,1-2H3,(H,28,29,33). The molecule has 182 valence electrons. The maximum absolute atomic E-state index is 12.7. The van der Waals surface area contributed by atoms with Gasteiger partial charge in [0.2, 0.25) is 11.7 Å². The van der Waals surface area contributed by atoms with Crippen LogP contribution in [0.5, 0.6) is 0 Å². The zero-order chi connectivity index (χ0) is 25.1. The molecule has 3 aromatic heterocycles. The summed E-state index contributed by atoms with van der Waals surface area (Å²) in [6.07, 6.45) is 4.09. The number of carbonyl (C=O) groups is 1. The van der Waals surface area contributed by atoms with Crippen LogP contribution < -0.4 is 5.32 Å². The molecule has 0 saturated carbocycles. The van der Waals surface area contributed by atoms with Crippen molar-refractivity contribution < 1.29 is 9.21 Å². The fourth-order valence-electron chi connectivity index (χ4n) is 3.61. The number of furan rings is 1. The smallest absolute Gasteiger partial charge is 0.236 e. The van der Waals surface area contributed by atoms with E-state index in [9.17, 15) is 4.79 Å². The van der Waals surface area contributed by atoms with Crippen molar-refractivity contribution in [1.82, 2.24) is 19.7 Å². The van der Waals surface area contributed by atoms with Crippen LogP contribution in [0.2, 0.25) is 5.02 Å². The molecule has 3 heterocycles. The lowest BCUT2D eigenvalue weighted by molar-refractivity contribution is -0.113. The van der Waals surface area contributed by atoms with E-state index < -0.39 is 0 Å². The molecular formula is C26H22ClN5O2S2. The largest absolute Gasteiger partial charge is 0.461 e. The normalized spacial score (nSPS) is 11.1. The third kappa shape index (κ3) is 5.53. The van der Waals surface area contributed by atoms with Crippen LogP contribution >= 0.6 is 34.7 Å². The number of rotatable bonds is 8. The van der Waals surface area contributed by atoms with Crippen LogP contribution in [0.1, 0.15) is 21.6 Å². The summed E-state index contributed by atoms with van der Waals surface area (Å²) < 4.78 is 7.46. The molecule has 0 radical (unpaired) electrons. The first-order valence-corrected chi connectivity index (χ1v) is 13.3. The molecule has 0 aliphatic rings. The monoisotopic (exact) mass is 535 g/mol.